The van der Waals surface area contributed by atoms with E-state index in [-0.39, 0.29) is 33.9 Å². The highest BCUT2D eigenvalue weighted by Crippen LogP contribution is 2.60. The Morgan fingerprint density at radius 1 is 0.475 bits per heavy atom. The molecule has 0 radical (unpaired) electrons. The second-order valence-corrected chi connectivity index (χ2v) is 22.4. The number of benzene rings is 6. The summed E-state index contributed by atoms with van der Waals surface area (Å²) in [5.74, 6) is 1.87. The number of nitrogens with zero attached hydrogens (tertiary/aromatic N) is 2. The molecule has 0 spiro atoms. The van der Waals surface area contributed by atoms with Crippen molar-refractivity contribution < 1.29 is 4.74 Å². The first-order valence-corrected chi connectivity index (χ1v) is 21.7. The zero-order chi connectivity index (χ0) is 41.9. The zero-order valence-electron chi connectivity index (χ0n) is 37.7. The minimum absolute atomic E-state index is 0.0303. The zero-order valence-corrected chi connectivity index (χ0v) is 37.7. The Labute approximate surface area is 353 Å². The van der Waals surface area contributed by atoms with Crippen LogP contribution >= 0.6 is 0 Å². The van der Waals surface area contributed by atoms with Crippen molar-refractivity contribution in [2.75, 3.05) is 9.71 Å². The van der Waals surface area contributed by atoms with Gasteiger partial charge in [-0.05, 0) is 131 Å². The summed E-state index contributed by atoms with van der Waals surface area (Å²) in [7, 11) is 0. The van der Waals surface area contributed by atoms with E-state index >= 15 is 0 Å². The second kappa shape index (κ2) is 12.0. The minimum Gasteiger partial charge on any atom is -0.453 e. The Morgan fingerprint density at radius 2 is 1.07 bits per heavy atom. The van der Waals surface area contributed by atoms with Crippen LogP contribution in [0.5, 0.6) is 11.5 Å². The molecule has 59 heavy (non-hydrogen) atoms. The molecular weight excluding hydrogens is 715 g/mol. The summed E-state index contributed by atoms with van der Waals surface area (Å²) in [6.45, 7) is 32.6. The average molecular weight is 775 g/mol. The Morgan fingerprint density at radius 3 is 1.73 bits per heavy atom. The smallest absolute Gasteiger partial charge is 0.333 e. The van der Waals surface area contributed by atoms with E-state index in [4.69, 9.17) is 4.74 Å². The van der Waals surface area contributed by atoms with Gasteiger partial charge in [-0.3, -0.25) is 0 Å². The Bertz CT molecular complexity index is 2760. The molecular formula is C55H59BN2O. The van der Waals surface area contributed by atoms with E-state index in [0.717, 1.165) is 17.2 Å². The van der Waals surface area contributed by atoms with Crippen LogP contribution in [-0.2, 0) is 27.1 Å². The average Bonchev–Trinajstić information content (AvgIpc) is 3.38. The highest BCUT2D eigenvalue weighted by atomic mass is 16.5. The van der Waals surface area contributed by atoms with Crippen LogP contribution in [0.25, 0.3) is 22.3 Å². The van der Waals surface area contributed by atoms with Gasteiger partial charge in [-0.1, -0.05) is 152 Å². The van der Waals surface area contributed by atoms with Crippen molar-refractivity contribution in [2.24, 2.45) is 0 Å². The molecule has 6 aromatic rings. The third kappa shape index (κ3) is 5.54. The lowest BCUT2D eigenvalue weighted by Crippen LogP contribution is -2.62. The number of hydrogen-bond acceptors (Lipinski definition) is 3. The Balaban J connectivity index is 1.34. The maximum atomic E-state index is 7.26. The highest BCUT2D eigenvalue weighted by molar-refractivity contribution is 6.93. The molecule has 0 bridgehead atoms. The summed E-state index contributed by atoms with van der Waals surface area (Å²) >= 11 is 0. The molecule has 3 aliphatic heterocycles. The number of fused-ring (bicyclic) bond motifs is 9. The maximum Gasteiger partial charge on any atom is 0.333 e. The van der Waals surface area contributed by atoms with Gasteiger partial charge in [0.15, 0.2) is 5.75 Å². The van der Waals surface area contributed by atoms with Crippen LogP contribution in [0, 0.1) is 0 Å². The summed E-state index contributed by atoms with van der Waals surface area (Å²) in [5.41, 5.74) is 21.5. The lowest BCUT2D eigenvalue weighted by atomic mass is 9.43. The van der Waals surface area contributed by atoms with Gasteiger partial charge in [-0.25, -0.2) is 0 Å². The van der Waals surface area contributed by atoms with Crippen molar-refractivity contribution in [3.05, 3.63) is 137 Å². The van der Waals surface area contributed by atoms with Crippen molar-refractivity contribution in [1.82, 2.24) is 0 Å². The Hall–Kier alpha value is -5.22. The third-order valence-electron chi connectivity index (χ3n) is 13.8. The minimum atomic E-state index is -0.141. The van der Waals surface area contributed by atoms with Gasteiger partial charge in [0.05, 0.1) is 11.4 Å². The van der Waals surface area contributed by atoms with Gasteiger partial charge in [0.25, 0.3) is 0 Å². The van der Waals surface area contributed by atoms with Crippen molar-refractivity contribution in [3.8, 4) is 33.8 Å². The van der Waals surface area contributed by atoms with Gasteiger partial charge >= 0.3 is 6.85 Å². The lowest BCUT2D eigenvalue weighted by molar-refractivity contribution is 0.472. The van der Waals surface area contributed by atoms with E-state index in [1.807, 2.05) is 0 Å². The third-order valence-corrected chi connectivity index (χ3v) is 13.8. The number of ether oxygens (including phenoxy) is 1. The summed E-state index contributed by atoms with van der Waals surface area (Å²) in [5, 5.41) is 0. The molecule has 3 heterocycles. The molecule has 298 valence electrons. The molecule has 0 amide bonds. The number of rotatable bonds is 1. The van der Waals surface area contributed by atoms with E-state index < -0.39 is 0 Å². The molecule has 0 saturated carbocycles. The van der Waals surface area contributed by atoms with Crippen LogP contribution in [0.1, 0.15) is 130 Å². The molecule has 0 aromatic heterocycles. The molecule has 3 nitrogen and oxygen atoms in total. The standard InChI is InChI=1S/C55H59BN2O/c1-51(2,3)32-19-22-36(23-20-32)57-44-27-33(52(4,5)6)21-24-43(44)56-49-39(25-34(28-46(49)57)53(7,8)9)40-26-35(54(10,11)12)29-48-50(40)58(56)45-30-38-37-17-15-16-18-41(37)55(13,14)42(38)31-47(45)59-48/h15-31H,1-14H3. The first-order chi connectivity index (χ1) is 27.5. The molecule has 4 heteroatoms. The van der Waals surface area contributed by atoms with Crippen LogP contribution < -0.4 is 25.4 Å². The summed E-state index contributed by atoms with van der Waals surface area (Å²) in [4.78, 5) is 5.26. The maximum absolute atomic E-state index is 7.26. The summed E-state index contributed by atoms with van der Waals surface area (Å²) in [6, 6.07) is 40.3. The first-order valence-electron chi connectivity index (χ1n) is 21.7. The van der Waals surface area contributed by atoms with Crippen molar-refractivity contribution in [1.29, 1.82) is 0 Å². The number of anilines is 5. The predicted octanol–water partition coefficient (Wildman–Crippen LogP) is 14.0. The largest absolute Gasteiger partial charge is 0.453 e. The lowest BCUT2D eigenvalue weighted by Gasteiger charge is -2.49. The normalized spacial score (nSPS) is 15.8. The topological polar surface area (TPSA) is 15.7 Å². The predicted molar refractivity (Wildman–Crippen MR) is 253 cm³/mol. The summed E-state index contributed by atoms with van der Waals surface area (Å²) in [6.07, 6.45) is 0. The van der Waals surface area contributed by atoms with Crippen LogP contribution in [0.15, 0.2) is 103 Å². The van der Waals surface area contributed by atoms with E-state index in [9.17, 15) is 0 Å². The second-order valence-electron chi connectivity index (χ2n) is 22.4. The van der Waals surface area contributed by atoms with Crippen LogP contribution in [0.3, 0.4) is 0 Å². The monoisotopic (exact) mass is 774 g/mol. The molecule has 1 aliphatic carbocycles. The van der Waals surface area contributed by atoms with E-state index in [0.29, 0.717) is 0 Å². The Kier molecular flexibility index (Phi) is 7.71. The van der Waals surface area contributed by atoms with Gasteiger partial charge in [-0.15, -0.1) is 0 Å². The fourth-order valence-electron chi connectivity index (χ4n) is 10.2. The van der Waals surface area contributed by atoms with Gasteiger partial charge < -0.3 is 14.4 Å². The van der Waals surface area contributed by atoms with Crippen molar-refractivity contribution in [2.45, 2.75) is 124 Å². The van der Waals surface area contributed by atoms with Crippen molar-refractivity contribution in [3.63, 3.8) is 0 Å². The van der Waals surface area contributed by atoms with Gasteiger partial charge in [0.2, 0.25) is 0 Å². The highest BCUT2D eigenvalue weighted by Gasteiger charge is 2.50. The van der Waals surface area contributed by atoms with Gasteiger partial charge in [0, 0.05) is 28.0 Å². The first kappa shape index (κ1) is 38.0. The molecule has 0 fully saturated rings. The molecule has 6 aromatic carbocycles. The molecule has 4 aliphatic rings. The quantitative estimate of drug-likeness (QED) is 0.155. The van der Waals surface area contributed by atoms with E-state index in [1.165, 1.54) is 89.3 Å². The van der Waals surface area contributed by atoms with Gasteiger partial charge in [0.1, 0.15) is 5.75 Å². The summed E-state index contributed by atoms with van der Waals surface area (Å²) < 4.78 is 7.26. The molecule has 0 N–H and O–H groups in total. The fraction of sp³-hybridized carbons (Fsp3) is 0.345. The SMILES string of the molecule is CC(C)(C)c1ccc(N2c3cc(C(C)(C)C)ccc3B3c4c(cc(C(C)(C)C)cc42)-c2cc(C(C)(C)C)cc4c2N3c2cc3c(cc2O4)C(C)(C)c2ccccc2-3)cc1. The van der Waals surface area contributed by atoms with E-state index in [1.54, 1.807) is 0 Å². The van der Waals surface area contributed by atoms with Crippen LogP contribution in [-0.4, -0.2) is 6.85 Å². The molecule has 0 atom stereocenters. The fourth-order valence-corrected chi connectivity index (χ4v) is 10.2. The molecule has 10 rings (SSSR count). The van der Waals surface area contributed by atoms with Crippen LogP contribution in [0.2, 0.25) is 0 Å². The number of hydrogen-bond donors (Lipinski definition) is 0. The van der Waals surface area contributed by atoms with Crippen LogP contribution in [0.4, 0.5) is 28.4 Å². The van der Waals surface area contributed by atoms with E-state index in [2.05, 4.69) is 210 Å². The van der Waals surface area contributed by atoms with Crippen molar-refractivity contribution >= 4 is 46.2 Å². The molecule has 0 unspecified atom stereocenters. The van der Waals surface area contributed by atoms with Gasteiger partial charge in [-0.2, -0.15) is 0 Å². The molecule has 0 saturated heterocycles.